The van der Waals surface area contributed by atoms with E-state index in [2.05, 4.69) is 55.5 Å². The Hall–Kier alpha value is -1.61. The molecule has 2 rings (SSSR count). The first-order valence-corrected chi connectivity index (χ1v) is 7.32. The van der Waals surface area contributed by atoms with Gasteiger partial charge >= 0.3 is 0 Å². The molecule has 1 aromatic carbocycles. The first-order valence-electron chi connectivity index (χ1n) is 7.32. The molecule has 0 aliphatic carbocycles. The zero-order valence-electron chi connectivity index (χ0n) is 13.0. The maximum Gasteiger partial charge on any atom is 0.0537 e. The zero-order chi connectivity index (χ0) is 14.5. The van der Waals surface area contributed by atoms with E-state index in [1.165, 1.54) is 22.4 Å². The average molecular weight is 271 g/mol. The monoisotopic (exact) mass is 271 g/mol. The standard InChI is InChI=1S/C17H25N3/c1-13-6-5-7-16(10-13)9-8-14(2)18-11-17-12-19-20(4)15(17)3/h5-7,10,12,14,18H,8-9,11H2,1-4H3. The molecular weight excluding hydrogens is 246 g/mol. The van der Waals surface area contributed by atoms with Gasteiger partial charge in [0.15, 0.2) is 0 Å². The number of aromatic nitrogens is 2. The van der Waals surface area contributed by atoms with E-state index in [1.807, 2.05) is 17.9 Å². The number of benzene rings is 1. The van der Waals surface area contributed by atoms with Crippen molar-refractivity contribution < 1.29 is 0 Å². The molecule has 3 heteroatoms. The lowest BCUT2D eigenvalue weighted by molar-refractivity contribution is 0.513. The number of hydrogen-bond donors (Lipinski definition) is 1. The minimum atomic E-state index is 0.509. The van der Waals surface area contributed by atoms with Crippen molar-refractivity contribution in [3.8, 4) is 0 Å². The van der Waals surface area contributed by atoms with Crippen LogP contribution in [0.3, 0.4) is 0 Å². The van der Waals surface area contributed by atoms with Gasteiger partial charge in [-0.3, -0.25) is 4.68 Å². The van der Waals surface area contributed by atoms with Gasteiger partial charge in [-0.25, -0.2) is 0 Å². The summed E-state index contributed by atoms with van der Waals surface area (Å²) in [5.41, 5.74) is 5.29. The summed E-state index contributed by atoms with van der Waals surface area (Å²) in [4.78, 5) is 0. The van der Waals surface area contributed by atoms with E-state index in [9.17, 15) is 0 Å². The SMILES string of the molecule is Cc1cccc(CCC(C)NCc2cnn(C)c2C)c1. The summed E-state index contributed by atoms with van der Waals surface area (Å²) in [6.45, 7) is 7.41. The molecule has 1 aromatic heterocycles. The Labute approximate surface area is 122 Å². The largest absolute Gasteiger partial charge is 0.310 e. The minimum Gasteiger partial charge on any atom is -0.310 e. The zero-order valence-corrected chi connectivity index (χ0v) is 13.0. The lowest BCUT2D eigenvalue weighted by Crippen LogP contribution is -2.26. The Morgan fingerprint density at radius 3 is 2.75 bits per heavy atom. The average Bonchev–Trinajstić information content (AvgIpc) is 2.74. The minimum absolute atomic E-state index is 0.509. The Morgan fingerprint density at radius 1 is 1.30 bits per heavy atom. The molecule has 0 radical (unpaired) electrons. The van der Waals surface area contributed by atoms with Gasteiger partial charge in [-0.1, -0.05) is 29.8 Å². The van der Waals surface area contributed by atoms with E-state index in [4.69, 9.17) is 0 Å². The van der Waals surface area contributed by atoms with E-state index in [0.29, 0.717) is 6.04 Å². The summed E-state index contributed by atoms with van der Waals surface area (Å²) in [6.07, 6.45) is 4.24. The molecule has 0 fully saturated rings. The molecule has 0 saturated carbocycles. The first-order chi connectivity index (χ1) is 9.56. The second kappa shape index (κ2) is 6.71. The van der Waals surface area contributed by atoms with Crippen LogP contribution in [0.2, 0.25) is 0 Å². The highest BCUT2D eigenvalue weighted by molar-refractivity contribution is 5.22. The predicted molar refractivity (Wildman–Crippen MR) is 83.7 cm³/mol. The van der Waals surface area contributed by atoms with E-state index >= 15 is 0 Å². The summed E-state index contributed by atoms with van der Waals surface area (Å²) in [5, 5.41) is 7.86. The van der Waals surface area contributed by atoms with Crippen molar-refractivity contribution in [1.29, 1.82) is 0 Å². The topological polar surface area (TPSA) is 29.9 Å². The Morgan fingerprint density at radius 2 is 2.10 bits per heavy atom. The highest BCUT2D eigenvalue weighted by atomic mass is 15.3. The van der Waals surface area contributed by atoms with Crippen molar-refractivity contribution in [2.45, 2.75) is 46.2 Å². The molecule has 108 valence electrons. The summed E-state index contributed by atoms with van der Waals surface area (Å²) in [7, 11) is 1.99. The quantitative estimate of drug-likeness (QED) is 0.874. The molecule has 1 unspecified atom stereocenters. The maximum atomic E-state index is 4.27. The third-order valence-corrected chi connectivity index (χ3v) is 3.93. The highest BCUT2D eigenvalue weighted by Gasteiger charge is 2.06. The van der Waals surface area contributed by atoms with Crippen LogP contribution >= 0.6 is 0 Å². The summed E-state index contributed by atoms with van der Waals surface area (Å²) < 4.78 is 1.93. The third-order valence-electron chi connectivity index (χ3n) is 3.93. The van der Waals surface area contributed by atoms with Crippen LogP contribution in [0.1, 0.15) is 35.7 Å². The fraction of sp³-hybridized carbons (Fsp3) is 0.471. The lowest BCUT2D eigenvalue weighted by atomic mass is 10.0. The third kappa shape index (κ3) is 3.94. The Bertz CT molecular complexity index is 557. The van der Waals surface area contributed by atoms with Gasteiger partial charge in [-0.05, 0) is 39.2 Å². The summed E-state index contributed by atoms with van der Waals surface area (Å²) >= 11 is 0. The molecule has 20 heavy (non-hydrogen) atoms. The molecule has 0 bridgehead atoms. The molecule has 0 aliphatic heterocycles. The van der Waals surface area contributed by atoms with Crippen LogP contribution in [0.4, 0.5) is 0 Å². The van der Waals surface area contributed by atoms with Gasteiger partial charge in [0.1, 0.15) is 0 Å². The molecule has 2 aromatic rings. The first kappa shape index (κ1) is 14.8. The van der Waals surface area contributed by atoms with Gasteiger partial charge in [0, 0.05) is 30.9 Å². The number of nitrogens with one attached hydrogen (secondary N) is 1. The van der Waals surface area contributed by atoms with Crippen LogP contribution in [0.15, 0.2) is 30.5 Å². The van der Waals surface area contributed by atoms with Crippen molar-refractivity contribution in [1.82, 2.24) is 15.1 Å². The van der Waals surface area contributed by atoms with Crippen LogP contribution in [0.25, 0.3) is 0 Å². The van der Waals surface area contributed by atoms with Crippen molar-refractivity contribution >= 4 is 0 Å². The number of nitrogens with zero attached hydrogens (tertiary/aromatic N) is 2. The summed E-state index contributed by atoms with van der Waals surface area (Å²) in [5.74, 6) is 0. The van der Waals surface area contributed by atoms with Crippen molar-refractivity contribution in [3.05, 3.63) is 52.8 Å². The van der Waals surface area contributed by atoms with Gasteiger partial charge < -0.3 is 5.32 Å². The molecule has 3 nitrogen and oxygen atoms in total. The Kier molecular flexibility index (Phi) is 4.96. The van der Waals surface area contributed by atoms with Gasteiger partial charge in [0.25, 0.3) is 0 Å². The number of rotatable bonds is 6. The van der Waals surface area contributed by atoms with E-state index in [1.54, 1.807) is 0 Å². The second-order valence-electron chi connectivity index (χ2n) is 5.69. The molecule has 1 atom stereocenters. The van der Waals surface area contributed by atoms with Crippen LogP contribution < -0.4 is 5.32 Å². The Balaban J connectivity index is 1.78. The van der Waals surface area contributed by atoms with E-state index in [0.717, 1.165) is 19.4 Å². The van der Waals surface area contributed by atoms with Crippen molar-refractivity contribution in [3.63, 3.8) is 0 Å². The number of aryl methyl sites for hydroxylation is 3. The highest BCUT2D eigenvalue weighted by Crippen LogP contribution is 2.09. The van der Waals surface area contributed by atoms with Gasteiger partial charge in [0.05, 0.1) is 6.20 Å². The second-order valence-corrected chi connectivity index (χ2v) is 5.69. The molecule has 0 saturated heterocycles. The van der Waals surface area contributed by atoms with Crippen LogP contribution in [-0.4, -0.2) is 15.8 Å². The fourth-order valence-electron chi connectivity index (χ4n) is 2.35. The molecule has 0 spiro atoms. The van der Waals surface area contributed by atoms with Crippen LogP contribution in [0.5, 0.6) is 0 Å². The van der Waals surface area contributed by atoms with E-state index in [-0.39, 0.29) is 0 Å². The molecular formula is C17H25N3. The predicted octanol–water partition coefficient (Wildman–Crippen LogP) is 3.15. The fourth-order valence-corrected chi connectivity index (χ4v) is 2.35. The molecule has 1 N–H and O–H groups in total. The normalized spacial score (nSPS) is 12.6. The molecule has 0 aliphatic rings. The smallest absolute Gasteiger partial charge is 0.0537 e. The molecule has 0 amide bonds. The van der Waals surface area contributed by atoms with E-state index < -0.39 is 0 Å². The van der Waals surface area contributed by atoms with Gasteiger partial charge in [-0.15, -0.1) is 0 Å². The van der Waals surface area contributed by atoms with Gasteiger partial charge in [-0.2, -0.15) is 5.10 Å². The maximum absolute atomic E-state index is 4.27. The number of hydrogen-bond acceptors (Lipinski definition) is 2. The van der Waals surface area contributed by atoms with Crippen LogP contribution in [0, 0.1) is 13.8 Å². The van der Waals surface area contributed by atoms with Gasteiger partial charge in [0.2, 0.25) is 0 Å². The molecule has 1 heterocycles. The van der Waals surface area contributed by atoms with Crippen molar-refractivity contribution in [2.24, 2.45) is 7.05 Å². The van der Waals surface area contributed by atoms with Crippen molar-refractivity contribution in [2.75, 3.05) is 0 Å². The summed E-state index contributed by atoms with van der Waals surface area (Å²) in [6, 6.07) is 9.29. The lowest BCUT2D eigenvalue weighted by Gasteiger charge is -2.14. The van der Waals surface area contributed by atoms with Crippen LogP contribution in [-0.2, 0) is 20.0 Å².